The first-order chi connectivity index (χ1) is 12.0. The quantitative estimate of drug-likeness (QED) is 0.871. The van der Waals surface area contributed by atoms with Crippen molar-refractivity contribution in [1.29, 1.82) is 0 Å². The minimum atomic E-state index is -0.0269. The van der Waals surface area contributed by atoms with Gasteiger partial charge in [-0.25, -0.2) is 0 Å². The van der Waals surface area contributed by atoms with Gasteiger partial charge >= 0.3 is 0 Å². The van der Waals surface area contributed by atoms with Gasteiger partial charge in [0, 0.05) is 25.2 Å². The first-order valence-corrected chi connectivity index (χ1v) is 8.75. The third-order valence-electron chi connectivity index (χ3n) is 5.94. The summed E-state index contributed by atoms with van der Waals surface area (Å²) in [6, 6.07) is 2.70. The molecule has 2 aromatic rings. The summed E-state index contributed by atoms with van der Waals surface area (Å²) in [5, 5.41) is 17.9. The van der Waals surface area contributed by atoms with Crippen LogP contribution >= 0.6 is 0 Å². The highest BCUT2D eigenvalue weighted by molar-refractivity contribution is 5.92. The van der Waals surface area contributed by atoms with Crippen molar-refractivity contribution in [2.45, 2.75) is 37.8 Å². The molecule has 4 atom stereocenters. The van der Waals surface area contributed by atoms with E-state index in [1.807, 2.05) is 11.9 Å². The molecule has 4 rings (SSSR count). The minimum Gasteiger partial charge on any atom is -0.337 e. The zero-order valence-electron chi connectivity index (χ0n) is 14.8. The van der Waals surface area contributed by atoms with E-state index >= 15 is 0 Å². The summed E-state index contributed by atoms with van der Waals surface area (Å²) >= 11 is 0. The molecule has 25 heavy (non-hydrogen) atoms. The Morgan fingerprint density at radius 1 is 1.16 bits per heavy atom. The monoisotopic (exact) mass is 344 g/mol. The van der Waals surface area contributed by atoms with Gasteiger partial charge in [0.05, 0.1) is 0 Å². The summed E-state index contributed by atoms with van der Waals surface area (Å²) in [5.74, 6) is 1.97. The van der Waals surface area contributed by atoms with Crippen LogP contribution in [-0.2, 0) is 0 Å². The van der Waals surface area contributed by atoms with Crippen molar-refractivity contribution >= 4 is 5.91 Å². The molecule has 1 N–H and O–H groups in total. The van der Waals surface area contributed by atoms with Crippen molar-refractivity contribution in [1.82, 2.24) is 40.2 Å². The number of nitrogens with one attached hydrogen (secondary N) is 1. The summed E-state index contributed by atoms with van der Waals surface area (Å²) < 4.78 is 1.43. The lowest BCUT2D eigenvalue weighted by atomic mass is 10.0. The number of tetrazole rings is 1. The molecule has 0 aliphatic heterocycles. The van der Waals surface area contributed by atoms with Gasteiger partial charge in [-0.15, -0.1) is 5.10 Å². The van der Waals surface area contributed by atoms with E-state index in [-0.39, 0.29) is 5.91 Å². The van der Waals surface area contributed by atoms with Crippen LogP contribution in [0, 0.1) is 11.8 Å². The van der Waals surface area contributed by atoms with Crippen molar-refractivity contribution in [3.63, 3.8) is 0 Å². The Kier molecular flexibility index (Phi) is 4.03. The van der Waals surface area contributed by atoms with Crippen LogP contribution < -0.4 is 0 Å². The fourth-order valence-corrected chi connectivity index (χ4v) is 4.45. The number of aromatic nitrogens is 6. The van der Waals surface area contributed by atoms with E-state index in [0.29, 0.717) is 23.6 Å². The van der Waals surface area contributed by atoms with E-state index in [2.05, 4.69) is 44.7 Å². The summed E-state index contributed by atoms with van der Waals surface area (Å²) in [6.45, 7) is 0. The second-order valence-corrected chi connectivity index (χ2v) is 7.54. The van der Waals surface area contributed by atoms with E-state index in [0.717, 1.165) is 24.7 Å². The van der Waals surface area contributed by atoms with Crippen LogP contribution in [0.4, 0.5) is 0 Å². The summed E-state index contributed by atoms with van der Waals surface area (Å²) in [5.41, 5.74) is 0.469. The van der Waals surface area contributed by atoms with Gasteiger partial charge in [0.2, 0.25) is 0 Å². The molecule has 2 aliphatic rings. The molecule has 1 amide bonds. The van der Waals surface area contributed by atoms with Gasteiger partial charge in [-0.3, -0.25) is 9.89 Å². The molecular formula is C16H24N8O. The lowest BCUT2D eigenvalue weighted by molar-refractivity contribution is 0.0720. The van der Waals surface area contributed by atoms with Crippen LogP contribution in [0.25, 0.3) is 5.82 Å². The number of H-pyrrole nitrogens is 1. The fraction of sp³-hybridized carbons (Fsp3) is 0.688. The largest absolute Gasteiger partial charge is 0.337 e. The standard InChI is InChI=1S/C16H24N8O/c1-22(2)12-4-10-6-13(7-11(10)5-12)23(3)16(25)14-8-15(19-18-14)24-9-17-20-21-24/h8-13H,4-7H2,1-3H3,(H,18,19)/t10-,11+,12?,13?. The van der Waals surface area contributed by atoms with Crippen LogP contribution in [0.2, 0.25) is 0 Å². The van der Waals surface area contributed by atoms with Gasteiger partial charge in [0.25, 0.3) is 5.91 Å². The average Bonchev–Trinajstić information content (AvgIpc) is 3.35. The first-order valence-electron chi connectivity index (χ1n) is 8.75. The second-order valence-electron chi connectivity index (χ2n) is 7.54. The van der Waals surface area contributed by atoms with Crippen molar-refractivity contribution in [2.24, 2.45) is 11.8 Å². The van der Waals surface area contributed by atoms with Crippen LogP contribution in [0.3, 0.4) is 0 Å². The number of hydrogen-bond donors (Lipinski definition) is 1. The van der Waals surface area contributed by atoms with E-state index in [1.165, 1.54) is 23.9 Å². The zero-order valence-corrected chi connectivity index (χ0v) is 14.8. The molecule has 2 aromatic heterocycles. The zero-order chi connectivity index (χ0) is 17.6. The molecule has 2 unspecified atom stereocenters. The smallest absolute Gasteiger partial charge is 0.271 e. The summed E-state index contributed by atoms with van der Waals surface area (Å²) in [4.78, 5) is 17.0. The van der Waals surface area contributed by atoms with Crippen molar-refractivity contribution in [3.05, 3.63) is 18.1 Å². The number of aromatic amines is 1. The number of rotatable bonds is 4. The van der Waals surface area contributed by atoms with Crippen LogP contribution in [-0.4, -0.2) is 79.3 Å². The molecule has 2 fully saturated rings. The number of amides is 1. The van der Waals surface area contributed by atoms with Crippen molar-refractivity contribution in [3.8, 4) is 5.82 Å². The Labute approximate surface area is 146 Å². The van der Waals surface area contributed by atoms with Gasteiger partial charge in [0.1, 0.15) is 12.0 Å². The average molecular weight is 344 g/mol. The number of hydrogen-bond acceptors (Lipinski definition) is 6. The highest BCUT2D eigenvalue weighted by Gasteiger charge is 2.44. The number of nitrogens with zero attached hydrogens (tertiary/aromatic N) is 7. The van der Waals surface area contributed by atoms with Crippen LogP contribution in [0.1, 0.15) is 36.2 Å². The predicted octanol–water partition coefficient (Wildman–Crippen LogP) is 0.576. The van der Waals surface area contributed by atoms with Gasteiger partial charge in [0.15, 0.2) is 5.82 Å². The van der Waals surface area contributed by atoms with Gasteiger partial charge in [-0.2, -0.15) is 9.78 Å². The molecule has 9 nitrogen and oxygen atoms in total. The minimum absolute atomic E-state index is 0.0269. The molecule has 0 radical (unpaired) electrons. The number of carbonyl (C=O) groups is 1. The maximum Gasteiger partial charge on any atom is 0.271 e. The highest BCUT2D eigenvalue weighted by Crippen LogP contribution is 2.46. The molecule has 2 aliphatic carbocycles. The van der Waals surface area contributed by atoms with Gasteiger partial charge in [-0.1, -0.05) is 0 Å². The fourth-order valence-electron chi connectivity index (χ4n) is 4.45. The van der Waals surface area contributed by atoms with E-state index in [9.17, 15) is 4.79 Å². The molecule has 0 saturated heterocycles. The van der Waals surface area contributed by atoms with Crippen LogP contribution in [0.5, 0.6) is 0 Å². The first kappa shape index (κ1) is 16.2. The molecule has 0 aromatic carbocycles. The highest BCUT2D eigenvalue weighted by atomic mass is 16.2. The van der Waals surface area contributed by atoms with E-state index < -0.39 is 0 Å². The molecule has 134 valence electrons. The molecule has 9 heteroatoms. The van der Waals surface area contributed by atoms with Crippen LogP contribution in [0.15, 0.2) is 12.4 Å². The van der Waals surface area contributed by atoms with E-state index in [4.69, 9.17) is 0 Å². The van der Waals surface area contributed by atoms with Crippen molar-refractivity contribution in [2.75, 3.05) is 21.1 Å². The Morgan fingerprint density at radius 3 is 2.44 bits per heavy atom. The molecule has 0 spiro atoms. The van der Waals surface area contributed by atoms with Gasteiger partial charge in [-0.05, 0) is 62.0 Å². The topological polar surface area (TPSA) is 95.8 Å². The van der Waals surface area contributed by atoms with E-state index in [1.54, 1.807) is 6.07 Å². The maximum absolute atomic E-state index is 12.8. The maximum atomic E-state index is 12.8. The SMILES string of the molecule is CN(C)C1C[C@@H]2CC(N(C)C(=O)c3cc(-n4cnnn4)n[nH]3)C[C@@H]2C1. The molecular weight excluding hydrogens is 320 g/mol. The molecule has 2 heterocycles. The third kappa shape index (κ3) is 2.92. The molecule has 2 saturated carbocycles. The predicted molar refractivity (Wildman–Crippen MR) is 90.1 cm³/mol. The Balaban J connectivity index is 1.41. The number of fused-ring (bicyclic) bond motifs is 1. The Morgan fingerprint density at radius 2 is 1.84 bits per heavy atom. The molecule has 0 bridgehead atoms. The lowest BCUT2D eigenvalue weighted by Gasteiger charge is -2.26. The third-order valence-corrected chi connectivity index (χ3v) is 5.94. The second kappa shape index (κ2) is 6.21. The van der Waals surface area contributed by atoms with Crippen molar-refractivity contribution < 1.29 is 4.79 Å². The van der Waals surface area contributed by atoms with Gasteiger partial charge < -0.3 is 9.80 Å². The number of carbonyl (C=O) groups excluding carboxylic acids is 1. The Hall–Kier alpha value is -2.29. The normalized spacial score (nSPS) is 28.5. The summed E-state index contributed by atoms with van der Waals surface area (Å²) in [7, 11) is 6.23. The lowest BCUT2D eigenvalue weighted by Crippen LogP contribution is -2.36. The summed E-state index contributed by atoms with van der Waals surface area (Å²) in [6.07, 6.45) is 6.16. The Bertz CT molecular complexity index is 725.